The van der Waals surface area contributed by atoms with E-state index in [2.05, 4.69) is 13.8 Å². The normalized spacial score (nSPS) is 54.5. The Morgan fingerprint density at radius 2 is 1.91 bits per heavy atom. The number of Topliss-reactive ketones (excluding diaryl/α,β-unsaturated/α-hetero) is 1. The lowest BCUT2D eigenvalue weighted by Gasteiger charge is -2.60. The predicted molar refractivity (Wildman–Crippen MR) is 87.3 cm³/mol. The van der Waals surface area contributed by atoms with Gasteiger partial charge in [0.1, 0.15) is 5.78 Å². The van der Waals surface area contributed by atoms with Crippen molar-refractivity contribution >= 4 is 5.78 Å². The Bertz CT molecular complexity index is 472. The molecule has 0 spiro atoms. The second kappa shape index (κ2) is 5.06. The van der Waals surface area contributed by atoms with Crippen molar-refractivity contribution in [2.45, 2.75) is 71.6 Å². The van der Waals surface area contributed by atoms with Gasteiger partial charge in [-0.3, -0.25) is 4.79 Å². The van der Waals surface area contributed by atoms with Crippen LogP contribution in [0.15, 0.2) is 0 Å². The first-order valence-corrected chi connectivity index (χ1v) is 9.65. The molecular weight excluding hydrogens is 272 g/mol. The minimum absolute atomic E-state index is 0.0212. The molecule has 2 nitrogen and oxygen atoms in total. The molecule has 0 saturated heterocycles. The van der Waals surface area contributed by atoms with Crippen LogP contribution in [-0.2, 0) is 4.79 Å². The highest BCUT2D eigenvalue weighted by Crippen LogP contribution is 2.65. The smallest absolute Gasteiger partial charge is 0.139 e. The maximum Gasteiger partial charge on any atom is 0.139 e. The summed E-state index contributed by atoms with van der Waals surface area (Å²) in [6.45, 7) is 5.04. The first kappa shape index (κ1) is 15.2. The van der Waals surface area contributed by atoms with Crippen LogP contribution in [0.4, 0.5) is 0 Å². The third-order valence-corrected chi connectivity index (χ3v) is 8.63. The van der Waals surface area contributed by atoms with Gasteiger partial charge in [0, 0.05) is 18.4 Å². The number of carbonyl (C=O) groups is 1. The van der Waals surface area contributed by atoms with E-state index in [9.17, 15) is 9.90 Å². The summed E-state index contributed by atoms with van der Waals surface area (Å²) >= 11 is 0. The summed E-state index contributed by atoms with van der Waals surface area (Å²) in [5.74, 6) is 4.12. The maximum absolute atomic E-state index is 12.4. The topological polar surface area (TPSA) is 37.3 Å². The van der Waals surface area contributed by atoms with Crippen LogP contribution in [0.25, 0.3) is 0 Å². The Morgan fingerprint density at radius 1 is 1.09 bits per heavy atom. The Labute approximate surface area is 135 Å². The second-order valence-corrected chi connectivity index (χ2v) is 9.34. The molecule has 7 atom stereocenters. The molecule has 4 aliphatic carbocycles. The molecule has 7 unspecified atom stereocenters. The number of fused-ring (bicyclic) bond motifs is 5. The molecule has 0 amide bonds. The number of aliphatic hydroxyl groups is 1. The van der Waals surface area contributed by atoms with Crippen LogP contribution in [0, 0.1) is 40.4 Å². The largest absolute Gasteiger partial charge is 0.396 e. The van der Waals surface area contributed by atoms with Gasteiger partial charge in [-0.2, -0.15) is 0 Å². The summed E-state index contributed by atoms with van der Waals surface area (Å²) in [6.07, 6.45) is 10.7. The molecule has 0 aromatic rings. The number of hydrogen-bond acceptors (Lipinski definition) is 2. The average molecular weight is 304 g/mol. The van der Waals surface area contributed by atoms with Crippen molar-refractivity contribution in [1.82, 2.24) is 0 Å². The molecule has 2 heteroatoms. The molecule has 1 N–H and O–H groups in total. The minimum Gasteiger partial charge on any atom is -0.396 e. The van der Waals surface area contributed by atoms with Gasteiger partial charge in [0.2, 0.25) is 0 Å². The molecule has 0 radical (unpaired) electrons. The molecular formula is C20H32O2. The number of carbonyl (C=O) groups excluding carboxylic acids is 1. The molecule has 4 rings (SSSR count). The molecule has 0 heterocycles. The van der Waals surface area contributed by atoms with Crippen LogP contribution in [0.3, 0.4) is 0 Å². The molecule has 0 aromatic carbocycles. The molecule has 22 heavy (non-hydrogen) atoms. The third kappa shape index (κ3) is 1.85. The van der Waals surface area contributed by atoms with Crippen molar-refractivity contribution in [3.63, 3.8) is 0 Å². The fourth-order valence-electron chi connectivity index (χ4n) is 7.34. The highest BCUT2D eigenvalue weighted by molar-refractivity contribution is 5.87. The first-order chi connectivity index (χ1) is 10.5. The summed E-state index contributed by atoms with van der Waals surface area (Å²) in [5, 5.41) is 10.4. The fraction of sp³-hybridized carbons (Fsp3) is 0.950. The van der Waals surface area contributed by atoms with Gasteiger partial charge in [0.05, 0.1) is 0 Å². The van der Waals surface area contributed by atoms with Crippen molar-refractivity contribution in [2.24, 2.45) is 40.4 Å². The lowest BCUT2D eigenvalue weighted by Crippen LogP contribution is -2.56. The standard InChI is InChI=1S/C20H32O2/c1-13-7-10-20(12-21)14(11-13)3-4-15-16-5-6-18(22)19(16,2)9-8-17(15)20/h13-17,21H,3-12H2,1-2H3. The third-order valence-electron chi connectivity index (χ3n) is 8.63. The van der Waals surface area contributed by atoms with Gasteiger partial charge in [0.25, 0.3) is 0 Å². The Hall–Kier alpha value is -0.370. The quantitative estimate of drug-likeness (QED) is 0.788. The highest BCUT2D eigenvalue weighted by Gasteiger charge is 2.61. The van der Waals surface area contributed by atoms with E-state index < -0.39 is 0 Å². The molecule has 0 bridgehead atoms. The molecule has 4 fully saturated rings. The summed E-state index contributed by atoms with van der Waals surface area (Å²) in [7, 11) is 0. The molecule has 4 aliphatic rings. The molecule has 0 aromatic heterocycles. The van der Waals surface area contributed by atoms with Crippen molar-refractivity contribution in [3.8, 4) is 0 Å². The maximum atomic E-state index is 12.4. The monoisotopic (exact) mass is 304 g/mol. The van der Waals surface area contributed by atoms with Crippen LogP contribution in [0.5, 0.6) is 0 Å². The van der Waals surface area contributed by atoms with Crippen LogP contribution >= 0.6 is 0 Å². The Balaban J connectivity index is 1.66. The first-order valence-electron chi connectivity index (χ1n) is 9.65. The zero-order valence-electron chi connectivity index (χ0n) is 14.3. The van der Waals surface area contributed by atoms with Gasteiger partial charge >= 0.3 is 0 Å². The summed E-state index contributed by atoms with van der Waals surface area (Å²) in [4.78, 5) is 12.4. The number of hydrogen-bond donors (Lipinski definition) is 1. The second-order valence-electron chi connectivity index (χ2n) is 9.34. The number of ketones is 1. The van der Waals surface area contributed by atoms with E-state index in [-0.39, 0.29) is 10.8 Å². The van der Waals surface area contributed by atoms with Gasteiger partial charge < -0.3 is 5.11 Å². The van der Waals surface area contributed by atoms with Crippen molar-refractivity contribution < 1.29 is 9.90 Å². The van der Waals surface area contributed by atoms with E-state index >= 15 is 0 Å². The molecule has 4 saturated carbocycles. The van der Waals surface area contributed by atoms with Gasteiger partial charge in [-0.1, -0.05) is 20.3 Å². The summed E-state index contributed by atoms with van der Waals surface area (Å²) in [6, 6.07) is 0. The van der Waals surface area contributed by atoms with E-state index in [0.717, 1.165) is 31.1 Å². The highest BCUT2D eigenvalue weighted by atomic mass is 16.3. The molecule has 124 valence electrons. The van der Waals surface area contributed by atoms with E-state index in [1.165, 1.54) is 38.5 Å². The lowest BCUT2D eigenvalue weighted by atomic mass is 9.44. The van der Waals surface area contributed by atoms with Crippen LogP contribution in [0.1, 0.15) is 71.6 Å². The van der Waals surface area contributed by atoms with Crippen LogP contribution in [0.2, 0.25) is 0 Å². The van der Waals surface area contributed by atoms with E-state index in [1.54, 1.807) is 0 Å². The van der Waals surface area contributed by atoms with Gasteiger partial charge in [-0.15, -0.1) is 0 Å². The zero-order chi connectivity index (χ0) is 15.5. The fourth-order valence-corrected chi connectivity index (χ4v) is 7.34. The minimum atomic E-state index is -0.0212. The Morgan fingerprint density at radius 3 is 2.68 bits per heavy atom. The predicted octanol–water partition coefficient (Wildman–Crippen LogP) is 4.21. The number of rotatable bonds is 1. The van der Waals surface area contributed by atoms with Crippen LogP contribution in [-0.4, -0.2) is 17.5 Å². The van der Waals surface area contributed by atoms with Crippen molar-refractivity contribution in [2.75, 3.05) is 6.61 Å². The zero-order valence-corrected chi connectivity index (χ0v) is 14.3. The Kier molecular flexibility index (Phi) is 3.49. The lowest BCUT2D eigenvalue weighted by molar-refractivity contribution is -0.151. The van der Waals surface area contributed by atoms with Crippen molar-refractivity contribution in [3.05, 3.63) is 0 Å². The SMILES string of the molecule is CC1CCC2(CO)C(CCC3C4CCC(=O)C4(C)CCC32)C1. The van der Waals surface area contributed by atoms with Gasteiger partial charge in [-0.05, 0) is 80.0 Å². The molecule has 0 aliphatic heterocycles. The summed E-state index contributed by atoms with van der Waals surface area (Å²) < 4.78 is 0. The van der Waals surface area contributed by atoms with E-state index in [0.29, 0.717) is 30.1 Å². The average Bonchev–Trinajstić information content (AvgIpc) is 2.82. The van der Waals surface area contributed by atoms with Gasteiger partial charge in [0.15, 0.2) is 0 Å². The number of aliphatic hydroxyl groups excluding tert-OH is 1. The van der Waals surface area contributed by atoms with E-state index in [4.69, 9.17) is 0 Å². The summed E-state index contributed by atoms with van der Waals surface area (Å²) in [5.41, 5.74) is 0.176. The van der Waals surface area contributed by atoms with Gasteiger partial charge in [-0.25, -0.2) is 0 Å². The van der Waals surface area contributed by atoms with Crippen molar-refractivity contribution in [1.29, 1.82) is 0 Å². The van der Waals surface area contributed by atoms with Crippen LogP contribution < -0.4 is 0 Å². The van der Waals surface area contributed by atoms with E-state index in [1.807, 2.05) is 0 Å².